The SMILES string of the molecule is O=C(NCCc1cc(Cl)c2c(c1)OCCO2)c1ccccn1. The first-order chi connectivity index (χ1) is 10.7. The Morgan fingerprint density at radius 2 is 2.14 bits per heavy atom. The molecular formula is C16H15ClN2O3. The fourth-order valence-electron chi connectivity index (χ4n) is 2.22. The maximum atomic E-state index is 11.9. The number of nitrogens with zero attached hydrogens (tertiary/aromatic N) is 1. The number of pyridine rings is 1. The highest BCUT2D eigenvalue weighted by atomic mass is 35.5. The quantitative estimate of drug-likeness (QED) is 0.941. The van der Waals surface area contributed by atoms with E-state index in [1.54, 1.807) is 24.4 Å². The number of nitrogens with one attached hydrogen (secondary N) is 1. The van der Waals surface area contributed by atoms with Crippen LogP contribution in [0.3, 0.4) is 0 Å². The van der Waals surface area contributed by atoms with Gasteiger partial charge in [0.15, 0.2) is 11.5 Å². The standard InChI is InChI=1S/C16H15ClN2O3/c17-12-9-11(10-14-15(12)22-8-7-21-14)4-6-19-16(20)13-3-1-2-5-18-13/h1-3,5,9-10H,4,6-8H2,(H,19,20). The molecule has 0 saturated heterocycles. The molecule has 3 rings (SSSR count). The van der Waals surface area contributed by atoms with Crippen LogP contribution in [0.2, 0.25) is 5.02 Å². The Morgan fingerprint density at radius 1 is 1.27 bits per heavy atom. The summed E-state index contributed by atoms with van der Waals surface area (Å²) in [6, 6.07) is 8.96. The molecule has 1 aliphatic heterocycles. The van der Waals surface area contributed by atoms with Crippen LogP contribution in [0.15, 0.2) is 36.5 Å². The molecule has 2 aromatic rings. The van der Waals surface area contributed by atoms with Crippen LogP contribution in [0.5, 0.6) is 11.5 Å². The molecule has 0 radical (unpaired) electrons. The second-order valence-corrected chi connectivity index (χ2v) is 5.23. The fourth-order valence-corrected chi connectivity index (χ4v) is 2.50. The van der Waals surface area contributed by atoms with Crippen molar-refractivity contribution in [3.05, 3.63) is 52.8 Å². The summed E-state index contributed by atoms with van der Waals surface area (Å²) in [5.41, 5.74) is 1.39. The van der Waals surface area contributed by atoms with E-state index in [4.69, 9.17) is 21.1 Å². The van der Waals surface area contributed by atoms with Crippen LogP contribution in [0.1, 0.15) is 16.1 Å². The van der Waals surface area contributed by atoms with Crippen LogP contribution in [0.4, 0.5) is 0 Å². The number of fused-ring (bicyclic) bond motifs is 1. The van der Waals surface area contributed by atoms with E-state index in [9.17, 15) is 4.79 Å². The number of ether oxygens (including phenoxy) is 2. The van der Waals surface area contributed by atoms with Gasteiger partial charge in [-0.3, -0.25) is 9.78 Å². The minimum atomic E-state index is -0.191. The van der Waals surface area contributed by atoms with Gasteiger partial charge in [0.1, 0.15) is 18.9 Å². The number of amides is 1. The van der Waals surface area contributed by atoms with Crippen LogP contribution < -0.4 is 14.8 Å². The van der Waals surface area contributed by atoms with E-state index in [-0.39, 0.29) is 5.91 Å². The van der Waals surface area contributed by atoms with Gasteiger partial charge in [-0.1, -0.05) is 17.7 Å². The molecule has 0 saturated carbocycles. The van der Waals surface area contributed by atoms with Gasteiger partial charge in [-0.05, 0) is 36.2 Å². The molecule has 5 nitrogen and oxygen atoms in total. The smallest absolute Gasteiger partial charge is 0.269 e. The first-order valence-electron chi connectivity index (χ1n) is 7.01. The van der Waals surface area contributed by atoms with E-state index in [2.05, 4.69) is 10.3 Å². The number of hydrogen-bond acceptors (Lipinski definition) is 4. The Kier molecular flexibility index (Phi) is 4.44. The molecule has 0 bridgehead atoms. The van der Waals surface area contributed by atoms with Gasteiger partial charge in [0.2, 0.25) is 0 Å². The predicted molar refractivity (Wildman–Crippen MR) is 82.7 cm³/mol. The molecule has 0 unspecified atom stereocenters. The fraction of sp³-hybridized carbons (Fsp3) is 0.250. The monoisotopic (exact) mass is 318 g/mol. The lowest BCUT2D eigenvalue weighted by molar-refractivity contribution is 0.0949. The maximum Gasteiger partial charge on any atom is 0.269 e. The number of carbonyl (C=O) groups is 1. The molecule has 22 heavy (non-hydrogen) atoms. The van der Waals surface area contributed by atoms with Crippen LogP contribution in [-0.2, 0) is 6.42 Å². The maximum absolute atomic E-state index is 11.9. The Bertz CT molecular complexity index is 677. The van der Waals surface area contributed by atoms with E-state index >= 15 is 0 Å². The molecule has 114 valence electrons. The lowest BCUT2D eigenvalue weighted by Crippen LogP contribution is -2.26. The number of carbonyl (C=O) groups excluding carboxylic acids is 1. The number of rotatable bonds is 4. The zero-order valence-corrected chi connectivity index (χ0v) is 12.6. The van der Waals surface area contributed by atoms with Crippen molar-refractivity contribution in [1.29, 1.82) is 0 Å². The summed E-state index contributed by atoms with van der Waals surface area (Å²) >= 11 is 6.18. The Balaban J connectivity index is 1.60. The van der Waals surface area contributed by atoms with Crippen molar-refractivity contribution in [2.24, 2.45) is 0 Å². The zero-order chi connectivity index (χ0) is 15.4. The van der Waals surface area contributed by atoms with E-state index < -0.39 is 0 Å². The van der Waals surface area contributed by atoms with Gasteiger partial charge >= 0.3 is 0 Å². The predicted octanol–water partition coefficient (Wildman–Crippen LogP) is 2.48. The Morgan fingerprint density at radius 3 is 2.95 bits per heavy atom. The van der Waals surface area contributed by atoms with Crippen molar-refractivity contribution in [3.8, 4) is 11.5 Å². The van der Waals surface area contributed by atoms with Crippen molar-refractivity contribution in [2.75, 3.05) is 19.8 Å². The second kappa shape index (κ2) is 6.66. The molecule has 6 heteroatoms. The van der Waals surface area contributed by atoms with Gasteiger partial charge in [0.25, 0.3) is 5.91 Å². The van der Waals surface area contributed by atoms with Crippen LogP contribution in [0.25, 0.3) is 0 Å². The minimum Gasteiger partial charge on any atom is -0.486 e. The highest BCUT2D eigenvalue weighted by Crippen LogP contribution is 2.38. The molecule has 0 aliphatic carbocycles. The molecular weight excluding hydrogens is 304 g/mol. The Hall–Kier alpha value is -2.27. The van der Waals surface area contributed by atoms with Crippen molar-refractivity contribution in [1.82, 2.24) is 10.3 Å². The van der Waals surface area contributed by atoms with E-state index in [1.807, 2.05) is 12.1 Å². The summed E-state index contributed by atoms with van der Waals surface area (Å²) in [4.78, 5) is 15.9. The Labute approximate surface area is 133 Å². The highest BCUT2D eigenvalue weighted by molar-refractivity contribution is 6.32. The third kappa shape index (κ3) is 3.31. The molecule has 1 N–H and O–H groups in total. The summed E-state index contributed by atoms with van der Waals surface area (Å²) in [6.07, 6.45) is 2.24. The van der Waals surface area contributed by atoms with Crippen LogP contribution >= 0.6 is 11.6 Å². The van der Waals surface area contributed by atoms with Gasteiger partial charge in [0.05, 0.1) is 5.02 Å². The summed E-state index contributed by atoms with van der Waals surface area (Å²) in [7, 11) is 0. The third-order valence-electron chi connectivity index (χ3n) is 3.25. The summed E-state index contributed by atoms with van der Waals surface area (Å²) < 4.78 is 11.0. The lowest BCUT2D eigenvalue weighted by atomic mass is 10.1. The zero-order valence-electron chi connectivity index (χ0n) is 11.8. The van der Waals surface area contributed by atoms with E-state index in [0.717, 1.165) is 5.56 Å². The number of halogens is 1. The molecule has 1 aromatic heterocycles. The third-order valence-corrected chi connectivity index (χ3v) is 3.53. The van der Waals surface area contributed by atoms with Gasteiger partial charge in [-0.2, -0.15) is 0 Å². The molecule has 0 spiro atoms. The largest absolute Gasteiger partial charge is 0.486 e. The average molecular weight is 319 g/mol. The molecule has 0 atom stereocenters. The molecule has 1 aromatic carbocycles. The van der Waals surface area contributed by atoms with Crippen molar-refractivity contribution in [3.63, 3.8) is 0 Å². The van der Waals surface area contributed by atoms with Gasteiger partial charge in [-0.25, -0.2) is 0 Å². The average Bonchev–Trinajstić information content (AvgIpc) is 2.56. The molecule has 1 amide bonds. The van der Waals surface area contributed by atoms with Crippen molar-refractivity contribution in [2.45, 2.75) is 6.42 Å². The first-order valence-corrected chi connectivity index (χ1v) is 7.39. The minimum absolute atomic E-state index is 0.191. The number of hydrogen-bond donors (Lipinski definition) is 1. The van der Waals surface area contributed by atoms with Crippen molar-refractivity contribution < 1.29 is 14.3 Å². The van der Waals surface area contributed by atoms with Gasteiger partial charge < -0.3 is 14.8 Å². The second-order valence-electron chi connectivity index (χ2n) is 4.82. The lowest BCUT2D eigenvalue weighted by Gasteiger charge is -2.20. The summed E-state index contributed by atoms with van der Waals surface area (Å²) in [6.45, 7) is 1.51. The summed E-state index contributed by atoms with van der Waals surface area (Å²) in [5, 5.41) is 3.36. The van der Waals surface area contributed by atoms with Crippen LogP contribution in [0, 0.1) is 0 Å². The summed E-state index contributed by atoms with van der Waals surface area (Å²) in [5.74, 6) is 1.06. The number of benzene rings is 1. The highest BCUT2D eigenvalue weighted by Gasteiger charge is 2.16. The number of aromatic nitrogens is 1. The van der Waals surface area contributed by atoms with Gasteiger partial charge in [0, 0.05) is 12.7 Å². The topological polar surface area (TPSA) is 60.5 Å². The van der Waals surface area contributed by atoms with Gasteiger partial charge in [-0.15, -0.1) is 0 Å². The van der Waals surface area contributed by atoms with Crippen molar-refractivity contribution >= 4 is 17.5 Å². The molecule has 0 fully saturated rings. The van der Waals surface area contributed by atoms with E-state index in [0.29, 0.717) is 48.4 Å². The molecule has 1 aliphatic rings. The first kappa shape index (κ1) is 14.7. The van der Waals surface area contributed by atoms with Crippen LogP contribution in [-0.4, -0.2) is 30.6 Å². The van der Waals surface area contributed by atoms with E-state index in [1.165, 1.54) is 0 Å². The molecule has 2 heterocycles. The normalized spacial score (nSPS) is 12.8.